The van der Waals surface area contributed by atoms with Crippen molar-refractivity contribution in [3.63, 3.8) is 0 Å². The Morgan fingerprint density at radius 1 is 0.944 bits per heavy atom. The predicted octanol–water partition coefficient (Wildman–Crippen LogP) is 6.90. The van der Waals surface area contributed by atoms with Gasteiger partial charge in [-0.1, -0.05) is 75.6 Å². The minimum atomic E-state index is -0.0979. The van der Waals surface area contributed by atoms with Crippen LogP contribution in [-0.2, 0) is 17.6 Å². The highest BCUT2D eigenvalue weighted by atomic mass is 32.1. The Kier molecular flexibility index (Phi) is 9.35. The Bertz CT molecular complexity index is 1120. The molecule has 0 bridgehead atoms. The molecule has 4 nitrogen and oxygen atoms in total. The highest BCUT2D eigenvalue weighted by molar-refractivity contribution is 7.10. The van der Waals surface area contributed by atoms with E-state index >= 15 is 0 Å². The van der Waals surface area contributed by atoms with E-state index in [1.54, 1.807) is 16.2 Å². The molecule has 0 N–H and O–H groups in total. The number of aryl methyl sites for hydroxylation is 1. The van der Waals surface area contributed by atoms with E-state index in [1.165, 1.54) is 41.7 Å². The quantitative estimate of drug-likeness (QED) is 0.268. The third kappa shape index (κ3) is 6.25. The zero-order valence-electron chi connectivity index (χ0n) is 21.6. The number of unbranched alkanes of at least 4 members (excludes halogenated alkanes) is 3. The van der Waals surface area contributed by atoms with Crippen LogP contribution in [0.15, 0.2) is 66.0 Å². The van der Waals surface area contributed by atoms with Crippen molar-refractivity contribution in [3.8, 4) is 0 Å². The van der Waals surface area contributed by atoms with Gasteiger partial charge in [0.2, 0.25) is 5.91 Å². The number of fused-ring (bicyclic) bond motifs is 1. The van der Waals surface area contributed by atoms with Gasteiger partial charge < -0.3 is 9.80 Å². The highest BCUT2D eigenvalue weighted by Crippen LogP contribution is 2.37. The average molecular weight is 503 g/mol. The van der Waals surface area contributed by atoms with Crippen LogP contribution in [0.3, 0.4) is 0 Å². The maximum absolute atomic E-state index is 13.7. The number of carbonyl (C=O) groups excluding carboxylic acids is 2. The number of thiophene rings is 1. The van der Waals surface area contributed by atoms with Gasteiger partial charge in [-0.25, -0.2) is 0 Å². The first-order chi connectivity index (χ1) is 17.6. The first kappa shape index (κ1) is 26.2. The molecule has 1 atom stereocenters. The summed E-state index contributed by atoms with van der Waals surface area (Å²) in [7, 11) is 0. The normalized spacial score (nSPS) is 14.9. The molecule has 3 aromatic rings. The van der Waals surface area contributed by atoms with E-state index in [0.717, 1.165) is 24.8 Å². The lowest BCUT2D eigenvalue weighted by Crippen LogP contribution is -2.47. The fraction of sp³-hybridized carbons (Fsp3) is 0.419. The van der Waals surface area contributed by atoms with Crippen LogP contribution in [0.4, 0.5) is 0 Å². The van der Waals surface area contributed by atoms with Crippen LogP contribution in [0.2, 0.25) is 0 Å². The van der Waals surface area contributed by atoms with Gasteiger partial charge >= 0.3 is 0 Å². The molecule has 0 fully saturated rings. The first-order valence-electron chi connectivity index (χ1n) is 13.4. The minimum Gasteiger partial charge on any atom is -0.330 e. The standard InChI is InChI=1S/C31H38N2O2S/c1-3-5-6-8-11-24-14-16-26(17-15-24)31(35)32(20-4-2)23-29(34)33-21-18-28-27(19-22-36-28)30(33)25-12-9-7-10-13-25/h7,9-10,12-17,19,22,30H,3-6,8,11,18,20-21,23H2,1-2H3. The fourth-order valence-electron chi connectivity index (χ4n) is 5.11. The van der Waals surface area contributed by atoms with Gasteiger partial charge in [0.15, 0.2) is 0 Å². The summed E-state index contributed by atoms with van der Waals surface area (Å²) >= 11 is 1.77. The second-order valence-corrected chi connectivity index (χ2v) is 10.7. The van der Waals surface area contributed by atoms with Crippen molar-refractivity contribution in [1.82, 2.24) is 9.80 Å². The fourth-order valence-corrected chi connectivity index (χ4v) is 6.01. The van der Waals surface area contributed by atoms with Crippen molar-refractivity contribution in [2.45, 2.75) is 64.8 Å². The molecule has 2 aromatic carbocycles. The molecule has 0 aliphatic carbocycles. The summed E-state index contributed by atoms with van der Waals surface area (Å²) in [5, 5.41) is 2.12. The summed E-state index contributed by atoms with van der Waals surface area (Å²) in [6, 6.07) is 20.3. The zero-order chi connectivity index (χ0) is 25.3. The molecule has 190 valence electrons. The van der Waals surface area contributed by atoms with Crippen LogP contribution in [0.5, 0.6) is 0 Å². The van der Waals surface area contributed by atoms with Crippen molar-refractivity contribution in [3.05, 3.63) is 93.2 Å². The van der Waals surface area contributed by atoms with Gasteiger partial charge in [0.25, 0.3) is 5.91 Å². The SMILES string of the molecule is CCCCCCc1ccc(C(=O)N(CCC)CC(=O)N2CCc3sccc3C2c2ccccc2)cc1. The van der Waals surface area contributed by atoms with E-state index in [-0.39, 0.29) is 24.4 Å². The van der Waals surface area contributed by atoms with Crippen molar-refractivity contribution >= 4 is 23.2 Å². The van der Waals surface area contributed by atoms with Gasteiger partial charge in [0.1, 0.15) is 6.54 Å². The summed E-state index contributed by atoms with van der Waals surface area (Å²) in [4.78, 5) is 32.2. The Hall–Kier alpha value is -2.92. The largest absolute Gasteiger partial charge is 0.330 e. The average Bonchev–Trinajstić information content (AvgIpc) is 3.40. The van der Waals surface area contributed by atoms with Crippen molar-refractivity contribution in [2.75, 3.05) is 19.6 Å². The number of carbonyl (C=O) groups is 2. The van der Waals surface area contributed by atoms with E-state index in [0.29, 0.717) is 18.7 Å². The molecule has 2 amide bonds. The van der Waals surface area contributed by atoms with Crippen LogP contribution in [0.1, 0.15) is 83.9 Å². The molecule has 0 saturated carbocycles. The molecule has 0 saturated heterocycles. The summed E-state index contributed by atoms with van der Waals surface area (Å²) in [5.41, 5.74) is 4.26. The Morgan fingerprint density at radius 3 is 2.44 bits per heavy atom. The Labute approximate surface area is 219 Å². The molecule has 36 heavy (non-hydrogen) atoms. The van der Waals surface area contributed by atoms with E-state index in [1.807, 2.05) is 35.2 Å². The van der Waals surface area contributed by atoms with Gasteiger partial charge in [0.05, 0.1) is 6.04 Å². The molecule has 1 aliphatic heterocycles. The summed E-state index contributed by atoms with van der Waals surface area (Å²) in [6.07, 6.45) is 7.66. The molecule has 1 aliphatic rings. The summed E-state index contributed by atoms with van der Waals surface area (Å²) in [6.45, 7) is 5.62. The maximum atomic E-state index is 13.7. The molecule has 2 heterocycles. The van der Waals surface area contributed by atoms with E-state index in [9.17, 15) is 9.59 Å². The van der Waals surface area contributed by atoms with Crippen LogP contribution in [0.25, 0.3) is 0 Å². The van der Waals surface area contributed by atoms with Gasteiger partial charge in [0, 0.05) is 23.5 Å². The molecule has 5 heteroatoms. The second-order valence-electron chi connectivity index (χ2n) is 9.68. The smallest absolute Gasteiger partial charge is 0.254 e. The van der Waals surface area contributed by atoms with Gasteiger partial charge in [-0.3, -0.25) is 9.59 Å². The molecule has 0 spiro atoms. The lowest BCUT2D eigenvalue weighted by molar-refractivity contribution is -0.134. The molecule has 4 rings (SSSR count). The third-order valence-corrected chi connectivity index (χ3v) is 8.02. The lowest BCUT2D eigenvalue weighted by atomic mass is 9.93. The Morgan fingerprint density at radius 2 is 1.72 bits per heavy atom. The number of nitrogens with zero attached hydrogens (tertiary/aromatic N) is 2. The van der Waals surface area contributed by atoms with Crippen molar-refractivity contribution in [2.24, 2.45) is 0 Å². The summed E-state index contributed by atoms with van der Waals surface area (Å²) < 4.78 is 0. The zero-order valence-corrected chi connectivity index (χ0v) is 22.4. The first-order valence-corrected chi connectivity index (χ1v) is 14.3. The van der Waals surface area contributed by atoms with Crippen LogP contribution in [0, 0.1) is 0 Å². The lowest BCUT2D eigenvalue weighted by Gasteiger charge is -2.37. The number of hydrogen-bond acceptors (Lipinski definition) is 3. The molecular weight excluding hydrogens is 464 g/mol. The molecule has 0 radical (unpaired) electrons. The van der Waals surface area contributed by atoms with E-state index in [2.05, 4.69) is 49.6 Å². The maximum Gasteiger partial charge on any atom is 0.254 e. The van der Waals surface area contributed by atoms with Gasteiger partial charge in [-0.15, -0.1) is 11.3 Å². The predicted molar refractivity (Wildman–Crippen MR) is 149 cm³/mol. The van der Waals surface area contributed by atoms with Crippen molar-refractivity contribution in [1.29, 1.82) is 0 Å². The number of benzene rings is 2. The van der Waals surface area contributed by atoms with Crippen LogP contribution in [-0.4, -0.2) is 41.2 Å². The van der Waals surface area contributed by atoms with Crippen molar-refractivity contribution < 1.29 is 9.59 Å². The number of amides is 2. The third-order valence-electron chi connectivity index (χ3n) is 7.03. The van der Waals surface area contributed by atoms with Crippen LogP contribution < -0.4 is 0 Å². The van der Waals surface area contributed by atoms with Gasteiger partial charge in [-0.05, 0) is 66.0 Å². The molecule has 1 aromatic heterocycles. The minimum absolute atomic E-state index is 0.00930. The summed E-state index contributed by atoms with van der Waals surface area (Å²) in [5.74, 6) is -0.0535. The number of hydrogen-bond donors (Lipinski definition) is 0. The molecular formula is C31H38N2O2S. The highest BCUT2D eigenvalue weighted by Gasteiger charge is 2.33. The Balaban J connectivity index is 1.47. The monoisotopic (exact) mass is 502 g/mol. The second kappa shape index (κ2) is 12.9. The number of rotatable bonds is 11. The van der Waals surface area contributed by atoms with Crippen LogP contribution >= 0.6 is 11.3 Å². The van der Waals surface area contributed by atoms with E-state index in [4.69, 9.17) is 0 Å². The molecule has 1 unspecified atom stereocenters. The van der Waals surface area contributed by atoms with E-state index < -0.39 is 0 Å². The topological polar surface area (TPSA) is 40.6 Å². The van der Waals surface area contributed by atoms with Gasteiger partial charge in [-0.2, -0.15) is 0 Å².